The van der Waals surface area contributed by atoms with Gasteiger partial charge in [-0.2, -0.15) is 0 Å². The van der Waals surface area contributed by atoms with E-state index in [2.05, 4.69) is 15.6 Å². The Bertz CT molecular complexity index is 697. The van der Waals surface area contributed by atoms with Crippen molar-refractivity contribution in [2.24, 2.45) is 0 Å². The second-order valence-corrected chi connectivity index (χ2v) is 5.85. The first-order valence-electron chi connectivity index (χ1n) is 5.91. The maximum Gasteiger partial charge on any atom is 0.338 e. The highest BCUT2D eigenvalue weighted by Gasteiger charge is 2.20. The van der Waals surface area contributed by atoms with Crippen molar-refractivity contribution in [3.8, 4) is 0 Å². The van der Waals surface area contributed by atoms with Crippen molar-refractivity contribution < 1.29 is 14.7 Å². The third-order valence-corrected chi connectivity index (χ3v) is 4.16. The molecule has 0 bridgehead atoms. The molecule has 0 aliphatic rings. The minimum absolute atomic E-state index is 0.113. The van der Waals surface area contributed by atoms with Crippen LogP contribution in [0.5, 0.6) is 0 Å². The molecular weight excluding hydrogens is 314 g/mol. The molecule has 0 saturated carbocycles. The van der Waals surface area contributed by atoms with E-state index >= 15 is 0 Å². The summed E-state index contributed by atoms with van der Waals surface area (Å²) >= 11 is 6.87. The van der Waals surface area contributed by atoms with Crippen LogP contribution >= 0.6 is 22.9 Å². The van der Waals surface area contributed by atoms with Gasteiger partial charge in [-0.3, -0.25) is 5.32 Å². The standard InChI is InChI=1S/C13H12ClN3O3S/c1-6-7(2)21-11(10(6)12(18)19)17-13(20)16-8-3-4-9(14)15-5-8/h3-5H,1-2H3,(H,18,19)(H2,16,17,20). The molecule has 6 nitrogen and oxygen atoms in total. The number of nitrogens with zero attached hydrogens (tertiary/aromatic N) is 1. The molecule has 0 aliphatic carbocycles. The zero-order chi connectivity index (χ0) is 15.6. The van der Waals surface area contributed by atoms with Gasteiger partial charge < -0.3 is 10.4 Å². The predicted molar refractivity (Wildman–Crippen MR) is 82.6 cm³/mol. The van der Waals surface area contributed by atoms with Crippen molar-refractivity contribution in [1.29, 1.82) is 0 Å². The van der Waals surface area contributed by atoms with Crippen molar-refractivity contribution in [2.45, 2.75) is 13.8 Å². The topological polar surface area (TPSA) is 91.3 Å². The number of aromatic carboxylic acids is 1. The summed E-state index contributed by atoms with van der Waals surface area (Å²) in [7, 11) is 0. The van der Waals surface area contributed by atoms with Crippen LogP contribution in [0.1, 0.15) is 20.8 Å². The van der Waals surface area contributed by atoms with Gasteiger partial charge in [-0.1, -0.05) is 11.6 Å². The van der Waals surface area contributed by atoms with Crippen LogP contribution < -0.4 is 10.6 Å². The number of nitrogens with one attached hydrogen (secondary N) is 2. The van der Waals surface area contributed by atoms with Crippen LogP contribution in [0.4, 0.5) is 15.5 Å². The highest BCUT2D eigenvalue weighted by atomic mass is 35.5. The molecule has 0 radical (unpaired) electrons. The maximum absolute atomic E-state index is 11.9. The quantitative estimate of drug-likeness (QED) is 0.749. The number of amides is 2. The van der Waals surface area contributed by atoms with E-state index in [-0.39, 0.29) is 5.56 Å². The molecule has 2 aromatic rings. The van der Waals surface area contributed by atoms with Crippen molar-refractivity contribution in [1.82, 2.24) is 4.98 Å². The maximum atomic E-state index is 11.9. The largest absolute Gasteiger partial charge is 0.478 e. The van der Waals surface area contributed by atoms with Crippen LogP contribution in [0, 0.1) is 13.8 Å². The Kier molecular flexibility index (Phi) is 4.44. The van der Waals surface area contributed by atoms with E-state index in [9.17, 15) is 14.7 Å². The van der Waals surface area contributed by atoms with E-state index in [0.29, 0.717) is 21.4 Å². The molecule has 3 N–H and O–H groups in total. The number of rotatable bonds is 3. The van der Waals surface area contributed by atoms with Gasteiger partial charge in [-0.05, 0) is 31.5 Å². The van der Waals surface area contributed by atoms with Crippen LogP contribution in [-0.4, -0.2) is 22.1 Å². The molecule has 2 amide bonds. The molecule has 21 heavy (non-hydrogen) atoms. The fourth-order valence-electron chi connectivity index (χ4n) is 1.69. The number of aryl methyl sites for hydroxylation is 1. The van der Waals surface area contributed by atoms with Gasteiger partial charge >= 0.3 is 12.0 Å². The molecule has 8 heteroatoms. The highest BCUT2D eigenvalue weighted by molar-refractivity contribution is 7.16. The normalized spacial score (nSPS) is 10.2. The number of aromatic nitrogens is 1. The number of anilines is 2. The van der Waals surface area contributed by atoms with Gasteiger partial charge in [0.2, 0.25) is 0 Å². The summed E-state index contributed by atoms with van der Waals surface area (Å²) in [4.78, 5) is 27.8. The number of carbonyl (C=O) groups is 2. The number of hydrogen-bond donors (Lipinski definition) is 3. The SMILES string of the molecule is Cc1sc(NC(=O)Nc2ccc(Cl)nc2)c(C(=O)O)c1C. The first-order chi connectivity index (χ1) is 9.88. The van der Waals surface area contributed by atoms with Crippen LogP contribution in [0.2, 0.25) is 5.15 Å². The van der Waals surface area contributed by atoms with Gasteiger partial charge in [0.25, 0.3) is 0 Å². The van der Waals surface area contributed by atoms with Crippen molar-refractivity contribution in [3.05, 3.63) is 39.5 Å². The smallest absolute Gasteiger partial charge is 0.338 e. The Morgan fingerprint density at radius 2 is 2.00 bits per heavy atom. The average molecular weight is 326 g/mol. The molecule has 0 aliphatic heterocycles. The lowest BCUT2D eigenvalue weighted by molar-refractivity contribution is 0.0697. The summed E-state index contributed by atoms with van der Waals surface area (Å²) in [6.45, 7) is 3.51. The first-order valence-corrected chi connectivity index (χ1v) is 7.10. The van der Waals surface area contributed by atoms with Crippen LogP contribution in [0.25, 0.3) is 0 Å². The van der Waals surface area contributed by atoms with Gasteiger partial charge in [0.15, 0.2) is 0 Å². The average Bonchev–Trinajstić information content (AvgIpc) is 2.67. The molecule has 2 aromatic heterocycles. The van der Waals surface area contributed by atoms with E-state index in [4.69, 9.17) is 11.6 Å². The molecule has 0 saturated heterocycles. The molecular formula is C13H12ClN3O3S. The summed E-state index contributed by atoms with van der Waals surface area (Å²) in [5.41, 5.74) is 1.22. The summed E-state index contributed by atoms with van der Waals surface area (Å²) < 4.78 is 0. The number of urea groups is 1. The van der Waals surface area contributed by atoms with Crippen molar-refractivity contribution in [3.63, 3.8) is 0 Å². The lowest BCUT2D eigenvalue weighted by Gasteiger charge is -2.06. The fraction of sp³-hybridized carbons (Fsp3) is 0.154. The van der Waals surface area contributed by atoms with Crippen LogP contribution in [0.15, 0.2) is 18.3 Å². The minimum atomic E-state index is -1.07. The van der Waals surface area contributed by atoms with Crippen molar-refractivity contribution >= 4 is 45.6 Å². The predicted octanol–water partition coefficient (Wildman–Crippen LogP) is 3.76. The molecule has 0 unspecified atom stereocenters. The number of carboxylic acids is 1. The molecule has 0 aromatic carbocycles. The summed E-state index contributed by atoms with van der Waals surface area (Å²) in [6.07, 6.45) is 1.41. The lowest BCUT2D eigenvalue weighted by atomic mass is 10.1. The number of hydrogen-bond acceptors (Lipinski definition) is 4. The zero-order valence-corrected chi connectivity index (χ0v) is 12.8. The summed E-state index contributed by atoms with van der Waals surface area (Å²) in [6, 6.07) is 2.60. The molecule has 110 valence electrons. The zero-order valence-electron chi connectivity index (χ0n) is 11.2. The Balaban J connectivity index is 2.15. The van der Waals surface area contributed by atoms with Gasteiger partial charge in [0.1, 0.15) is 10.2 Å². The lowest BCUT2D eigenvalue weighted by Crippen LogP contribution is -2.20. The Labute approximate surface area is 129 Å². The Hall–Kier alpha value is -2.12. The van der Waals surface area contributed by atoms with E-state index in [0.717, 1.165) is 4.88 Å². The van der Waals surface area contributed by atoms with Crippen LogP contribution in [-0.2, 0) is 0 Å². The summed E-state index contributed by atoms with van der Waals surface area (Å²) in [5, 5.41) is 14.9. The van der Waals surface area contributed by atoms with E-state index < -0.39 is 12.0 Å². The third-order valence-electron chi connectivity index (χ3n) is 2.81. The van der Waals surface area contributed by atoms with Gasteiger partial charge in [-0.15, -0.1) is 11.3 Å². The van der Waals surface area contributed by atoms with E-state index in [1.165, 1.54) is 17.5 Å². The Morgan fingerprint density at radius 1 is 1.29 bits per heavy atom. The third kappa shape index (κ3) is 3.50. The van der Waals surface area contributed by atoms with Gasteiger partial charge in [0.05, 0.1) is 17.4 Å². The number of pyridine rings is 1. The molecule has 2 rings (SSSR count). The molecule has 0 fully saturated rings. The number of carboxylic acid groups (broad SMARTS) is 1. The second-order valence-electron chi connectivity index (χ2n) is 4.24. The van der Waals surface area contributed by atoms with E-state index in [1.54, 1.807) is 26.0 Å². The van der Waals surface area contributed by atoms with E-state index in [1.807, 2.05) is 0 Å². The number of thiophene rings is 1. The number of halogens is 1. The second kappa shape index (κ2) is 6.11. The Morgan fingerprint density at radius 3 is 2.57 bits per heavy atom. The monoisotopic (exact) mass is 325 g/mol. The van der Waals surface area contributed by atoms with Gasteiger partial charge in [0, 0.05) is 4.88 Å². The molecule has 0 atom stereocenters. The minimum Gasteiger partial charge on any atom is -0.478 e. The molecule has 0 spiro atoms. The fourth-order valence-corrected chi connectivity index (χ4v) is 2.85. The van der Waals surface area contributed by atoms with Crippen molar-refractivity contribution in [2.75, 3.05) is 10.6 Å². The number of carbonyl (C=O) groups excluding carboxylic acids is 1. The summed E-state index contributed by atoms with van der Waals surface area (Å²) in [5.74, 6) is -1.07. The first kappa shape index (κ1) is 15.3. The van der Waals surface area contributed by atoms with Gasteiger partial charge in [-0.25, -0.2) is 14.6 Å². The van der Waals surface area contributed by atoms with Crippen LogP contribution in [0.3, 0.4) is 0 Å². The highest BCUT2D eigenvalue weighted by Crippen LogP contribution is 2.32. The molecule has 2 heterocycles.